The molecule has 4 atom stereocenters. The smallest absolute Gasteiger partial charge is 0.206 e. The van der Waals surface area contributed by atoms with Crippen molar-refractivity contribution in [1.29, 1.82) is 0 Å². The van der Waals surface area contributed by atoms with Crippen LogP contribution in [0.4, 0.5) is 0 Å². The van der Waals surface area contributed by atoms with Crippen molar-refractivity contribution in [3.05, 3.63) is 58.7 Å². The van der Waals surface area contributed by atoms with Crippen molar-refractivity contribution >= 4 is 0 Å². The van der Waals surface area contributed by atoms with Crippen LogP contribution in [0, 0.1) is 6.92 Å². The van der Waals surface area contributed by atoms with E-state index in [1.807, 2.05) is 18.2 Å². The monoisotopic (exact) mass is 477 g/mol. The highest BCUT2D eigenvalue weighted by molar-refractivity contribution is 5.65. The minimum atomic E-state index is -0.906. The summed E-state index contributed by atoms with van der Waals surface area (Å²) in [6.45, 7) is 3.61. The lowest BCUT2D eigenvalue weighted by Crippen LogP contribution is -2.79. The summed E-state index contributed by atoms with van der Waals surface area (Å²) in [6.07, 6.45) is 4.96. The Morgan fingerprint density at radius 2 is 1.86 bits per heavy atom. The highest BCUT2D eigenvalue weighted by Gasteiger charge is 2.77. The fraction of sp³-hybridized carbons (Fsp3) is 0.586. The van der Waals surface area contributed by atoms with Crippen molar-refractivity contribution in [2.24, 2.45) is 0 Å². The maximum atomic E-state index is 12.7. The molecule has 6 nitrogen and oxygen atoms in total. The molecule has 0 radical (unpaired) electrons. The third-order valence-electron chi connectivity index (χ3n) is 9.79. The molecule has 186 valence electrons. The number of likely N-dealkylation sites (tertiary alicyclic amines) is 1. The van der Waals surface area contributed by atoms with Crippen LogP contribution in [-0.4, -0.2) is 60.3 Å². The van der Waals surface area contributed by atoms with Crippen LogP contribution in [0.25, 0.3) is 0 Å². The molecular formula is C29H35NO5. The number of ether oxygens (including phenoxy) is 4. The Morgan fingerprint density at radius 1 is 1.09 bits per heavy atom. The molecule has 6 heteroatoms. The van der Waals surface area contributed by atoms with Gasteiger partial charge in [-0.1, -0.05) is 30.3 Å². The topological polar surface area (TPSA) is 60.4 Å². The van der Waals surface area contributed by atoms with E-state index in [0.29, 0.717) is 25.5 Å². The second kappa shape index (κ2) is 7.45. The summed E-state index contributed by atoms with van der Waals surface area (Å²) in [5, 5.41) is 12.7. The minimum absolute atomic E-state index is 0.0924. The van der Waals surface area contributed by atoms with Crippen LogP contribution in [0.1, 0.15) is 54.4 Å². The highest BCUT2D eigenvalue weighted by atomic mass is 16.7. The molecule has 3 fully saturated rings. The molecule has 3 aliphatic carbocycles. The zero-order valence-corrected chi connectivity index (χ0v) is 20.9. The number of piperidine rings is 1. The van der Waals surface area contributed by atoms with Crippen molar-refractivity contribution in [3.8, 4) is 11.5 Å². The van der Waals surface area contributed by atoms with Gasteiger partial charge in [0.25, 0.3) is 0 Å². The lowest BCUT2D eigenvalue weighted by atomic mass is 9.47. The third-order valence-corrected chi connectivity index (χ3v) is 9.79. The predicted octanol–water partition coefficient (Wildman–Crippen LogP) is 3.88. The van der Waals surface area contributed by atoms with Gasteiger partial charge >= 0.3 is 0 Å². The second-order valence-electron chi connectivity index (χ2n) is 11.2. The molecule has 2 heterocycles. The molecule has 1 saturated heterocycles. The van der Waals surface area contributed by atoms with Gasteiger partial charge in [-0.2, -0.15) is 0 Å². The number of aliphatic hydroxyl groups is 1. The fourth-order valence-corrected chi connectivity index (χ4v) is 7.97. The van der Waals surface area contributed by atoms with E-state index in [-0.39, 0.29) is 6.04 Å². The van der Waals surface area contributed by atoms with E-state index in [9.17, 15) is 5.11 Å². The Kier molecular flexibility index (Phi) is 4.71. The fourth-order valence-electron chi connectivity index (χ4n) is 7.97. The maximum absolute atomic E-state index is 12.7. The van der Waals surface area contributed by atoms with Gasteiger partial charge in [0, 0.05) is 38.3 Å². The molecule has 7 rings (SSSR count). The molecule has 1 N–H and O–H groups in total. The van der Waals surface area contributed by atoms with Crippen LogP contribution in [0.3, 0.4) is 0 Å². The first kappa shape index (κ1) is 22.1. The summed E-state index contributed by atoms with van der Waals surface area (Å²) in [4.78, 5) is 2.61. The Hall–Kier alpha value is -2.12. The van der Waals surface area contributed by atoms with E-state index >= 15 is 0 Å². The van der Waals surface area contributed by atoms with Gasteiger partial charge in [0.2, 0.25) is 5.79 Å². The van der Waals surface area contributed by atoms with Gasteiger partial charge in [-0.25, -0.2) is 0 Å². The summed E-state index contributed by atoms with van der Waals surface area (Å²) < 4.78 is 25.5. The largest absolute Gasteiger partial charge is 0.485 e. The van der Waals surface area contributed by atoms with E-state index in [2.05, 4.69) is 30.0 Å². The molecule has 5 aliphatic rings. The molecule has 2 saturated carbocycles. The lowest BCUT2D eigenvalue weighted by molar-refractivity contribution is -0.319. The summed E-state index contributed by atoms with van der Waals surface area (Å²) >= 11 is 0. The molecule has 1 spiro atoms. The van der Waals surface area contributed by atoms with Gasteiger partial charge in [-0.05, 0) is 68.3 Å². The lowest BCUT2D eigenvalue weighted by Gasteiger charge is -2.65. The van der Waals surface area contributed by atoms with Gasteiger partial charge < -0.3 is 24.1 Å². The van der Waals surface area contributed by atoms with E-state index in [1.54, 1.807) is 14.2 Å². The first-order valence-corrected chi connectivity index (χ1v) is 13.1. The summed E-state index contributed by atoms with van der Waals surface area (Å²) in [7, 11) is 3.41. The van der Waals surface area contributed by atoms with Gasteiger partial charge in [0.15, 0.2) is 17.6 Å². The molecule has 2 aromatic carbocycles. The first-order valence-electron chi connectivity index (χ1n) is 13.1. The van der Waals surface area contributed by atoms with E-state index in [4.69, 9.17) is 18.9 Å². The molecule has 2 bridgehead atoms. The Morgan fingerprint density at radius 3 is 2.57 bits per heavy atom. The molecule has 0 aromatic heterocycles. The van der Waals surface area contributed by atoms with Gasteiger partial charge in [-0.15, -0.1) is 0 Å². The van der Waals surface area contributed by atoms with E-state index in [0.717, 1.165) is 42.0 Å². The number of methoxy groups -OCH3 is 2. The van der Waals surface area contributed by atoms with Crippen LogP contribution in [0.2, 0.25) is 0 Å². The molecule has 2 aromatic rings. The standard InChI is InChI=1S/C29H35NO5/c1-18-15-22(34-17-19-7-5-4-6-8-19)25-24-21(18)16-23-28(31)11-12-29(32-2,33-3)26(35-25)27(24,28)13-14-30(23)20-9-10-20/h4-8,15,20,23,26,31H,9-14,16-17H2,1-3H3/t23-,26-,27+,28-/m1/s1. The Bertz CT molecular complexity index is 1160. The van der Waals surface area contributed by atoms with Gasteiger partial charge in [-0.3, -0.25) is 4.90 Å². The van der Waals surface area contributed by atoms with Gasteiger partial charge in [0.05, 0.1) is 11.0 Å². The Balaban J connectivity index is 1.40. The highest BCUT2D eigenvalue weighted by Crippen LogP contribution is 2.68. The van der Waals surface area contributed by atoms with Crippen LogP contribution in [0.5, 0.6) is 11.5 Å². The number of rotatable bonds is 6. The predicted molar refractivity (Wildman–Crippen MR) is 131 cm³/mol. The number of benzene rings is 2. The van der Waals surface area contributed by atoms with Crippen molar-refractivity contribution in [2.45, 2.75) is 87.0 Å². The number of nitrogens with zero attached hydrogens (tertiary/aromatic N) is 1. The second-order valence-corrected chi connectivity index (χ2v) is 11.2. The quantitative estimate of drug-likeness (QED) is 0.638. The molecular weight excluding hydrogens is 442 g/mol. The minimum Gasteiger partial charge on any atom is -0.485 e. The van der Waals surface area contributed by atoms with Crippen molar-refractivity contribution in [1.82, 2.24) is 4.90 Å². The molecule has 0 amide bonds. The van der Waals surface area contributed by atoms with Crippen molar-refractivity contribution in [2.75, 3.05) is 20.8 Å². The van der Waals surface area contributed by atoms with Crippen molar-refractivity contribution in [3.63, 3.8) is 0 Å². The Labute approximate surface area is 207 Å². The maximum Gasteiger partial charge on any atom is 0.206 e. The summed E-state index contributed by atoms with van der Waals surface area (Å²) in [5.41, 5.74) is 3.33. The van der Waals surface area contributed by atoms with Crippen LogP contribution in [0.15, 0.2) is 36.4 Å². The number of aryl methyl sites for hydroxylation is 1. The summed E-state index contributed by atoms with van der Waals surface area (Å²) in [6, 6.07) is 13.0. The van der Waals surface area contributed by atoms with E-state index in [1.165, 1.54) is 24.0 Å². The van der Waals surface area contributed by atoms with Crippen LogP contribution < -0.4 is 9.47 Å². The number of hydrogen-bond acceptors (Lipinski definition) is 6. The van der Waals surface area contributed by atoms with Crippen molar-refractivity contribution < 1.29 is 24.1 Å². The van der Waals surface area contributed by atoms with Crippen LogP contribution in [-0.2, 0) is 27.9 Å². The zero-order chi connectivity index (χ0) is 24.0. The molecule has 2 aliphatic heterocycles. The zero-order valence-electron chi connectivity index (χ0n) is 20.9. The normalized spacial score (nSPS) is 34.3. The third kappa shape index (κ3) is 2.74. The summed E-state index contributed by atoms with van der Waals surface area (Å²) in [5.74, 6) is 0.626. The van der Waals surface area contributed by atoms with E-state index < -0.39 is 22.9 Å². The SMILES string of the molecule is COC1(OC)CC[C@@]2(O)[C@H]3Cc4c(C)cc(OCc5ccccc5)c5c4[C@@]2(CCN3C2CC2)[C@H]1O5. The average Bonchev–Trinajstić information content (AvgIpc) is 3.65. The van der Waals surface area contributed by atoms with Crippen LogP contribution >= 0.6 is 0 Å². The first-order chi connectivity index (χ1) is 17.0. The number of hydrogen-bond donors (Lipinski definition) is 1. The average molecular weight is 478 g/mol. The molecule has 35 heavy (non-hydrogen) atoms. The van der Waals surface area contributed by atoms with Gasteiger partial charge in [0.1, 0.15) is 6.61 Å². The molecule has 0 unspecified atom stereocenters.